The van der Waals surface area contributed by atoms with E-state index >= 15 is 0 Å². The van der Waals surface area contributed by atoms with Crippen LogP contribution in [0.25, 0.3) is 0 Å². The first-order chi connectivity index (χ1) is 14.2. The second-order valence-electron chi connectivity index (χ2n) is 9.87. The van der Waals surface area contributed by atoms with E-state index in [1.54, 1.807) is 12.2 Å². The maximum atomic E-state index is 13.0. The molecule has 4 rings (SSSR count). The monoisotopic (exact) mass is 412 g/mol. The van der Waals surface area contributed by atoms with E-state index in [9.17, 15) is 19.5 Å². The molecule has 1 N–H and O–H groups in total. The van der Waals surface area contributed by atoms with E-state index in [0.717, 1.165) is 19.3 Å². The second kappa shape index (κ2) is 7.30. The van der Waals surface area contributed by atoms with Crippen molar-refractivity contribution in [2.24, 2.45) is 22.7 Å². The first-order valence-electron chi connectivity index (χ1n) is 11.2. The molecule has 4 aliphatic carbocycles. The van der Waals surface area contributed by atoms with Crippen LogP contribution in [-0.4, -0.2) is 34.9 Å². The predicted molar refractivity (Wildman–Crippen MR) is 112 cm³/mol. The summed E-state index contributed by atoms with van der Waals surface area (Å²) in [5.74, 6) is -0.228. The van der Waals surface area contributed by atoms with Gasteiger partial charge in [0.25, 0.3) is 0 Å². The van der Waals surface area contributed by atoms with Gasteiger partial charge in [0.15, 0.2) is 12.4 Å². The number of ether oxygens (including phenoxy) is 1. The van der Waals surface area contributed by atoms with Crippen molar-refractivity contribution in [1.82, 2.24) is 0 Å². The van der Waals surface area contributed by atoms with Gasteiger partial charge in [0, 0.05) is 17.3 Å². The number of hydrogen-bond donors (Lipinski definition) is 1. The summed E-state index contributed by atoms with van der Waals surface area (Å²) in [6.45, 7) is 5.74. The zero-order chi connectivity index (χ0) is 21.7. The summed E-state index contributed by atoms with van der Waals surface area (Å²) in [5, 5.41) is 11.5. The van der Waals surface area contributed by atoms with Crippen LogP contribution in [0.4, 0.5) is 0 Å². The van der Waals surface area contributed by atoms with Gasteiger partial charge in [-0.05, 0) is 69.4 Å². The van der Waals surface area contributed by atoms with Crippen molar-refractivity contribution in [2.75, 3.05) is 6.61 Å². The quantitative estimate of drug-likeness (QED) is 0.548. The molecule has 0 unspecified atom stereocenters. The number of hydrogen-bond acceptors (Lipinski definition) is 5. The molecule has 0 spiro atoms. The first kappa shape index (κ1) is 21.2. The van der Waals surface area contributed by atoms with Crippen molar-refractivity contribution < 1.29 is 24.2 Å². The van der Waals surface area contributed by atoms with Crippen molar-refractivity contribution in [3.8, 4) is 0 Å². The Kier molecular flexibility index (Phi) is 5.16. The summed E-state index contributed by atoms with van der Waals surface area (Å²) >= 11 is 0. The maximum Gasteiger partial charge on any atom is 0.306 e. The lowest BCUT2D eigenvalue weighted by molar-refractivity contribution is -0.163. The molecule has 4 aliphatic rings. The van der Waals surface area contributed by atoms with Gasteiger partial charge in [0.1, 0.15) is 5.60 Å². The van der Waals surface area contributed by atoms with Gasteiger partial charge in [-0.1, -0.05) is 37.1 Å². The number of fused-ring (bicyclic) bond motifs is 5. The Balaban J connectivity index is 1.60. The Hall–Kier alpha value is -2.01. The highest BCUT2D eigenvalue weighted by molar-refractivity contribution is 6.01. The molecule has 5 heteroatoms. The Bertz CT molecular complexity index is 880. The molecule has 5 nitrogen and oxygen atoms in total. The average molecular weight is 413 g/mol. The molecule has 30 heavy (non-hydrogen) atoms. The van der Waals surface area contributed by atoms with Crippen molar-refractivity contribution in [2.45, 2.75) is 71.3 Å². The number of esters is 1. The van der Waals surface area contributed by atoms with E-state index in [1.165, 1.54) is 11.1 Å². The fourth-order valence-corrected chi connectivity index (χ4v) is 6.53. The zero-order valence-electron chi connectivity index (χ0n) is 18.2. The summed E-state index contributed by atoms with van der Waals surface area (Å²) in [6.07, 6.45) is 12.2. The molecule has 162 valence electrons. The summed E-state index contributed by atoms with van der Waals surface area (Å²) in [5.41, 5.74) is 0.229. The highest BCUT2D eigenvalue weighted by Crippen LogP contribution is 2.65. The van der Waals surface area contributed by atoms with Crippen molar-refractivity contribution in [3.63, 3.8) is 0 Å². The van der Waals surface area contributed by atoms with Crippen molar-refractivity contribution in [3.05, 3.63) is 35.5 Å². The fraction of sp³-hybridized carbons (Fsp3) is 0.640. The minimum atomic E-state index is -1.47. The van der Waals surface area contributed by atoms with E-state index < -0.39 is 17.0 Å². The number of carbonyl (C=O) groups is 3. The zero-order valence-corrected chi connectivity index (χ0v) is 18.2. The highest BCUT2D eigenvalue weighted by atomic mass is 16.5. The Morgan fingerprint density at radius 1 is 1.27 bits per heavy atom. The van der Waals surface area contributed by atoms with Crippen LogP contribution in [0, 0.1) is 22.7 Å². The van der Waals surface area contributed by atoms with E-state index in [4.69, 9.17) is 4.74 Å². The topological polar surface area (TPSA) is 80.7 Å². The lowest BCUT2D eigenvalue weighted by atomic mass is 9.51. The van der Waals surface area contributed by atoms with Gasteiger partial charge < -0.3 is 9.84 Å². The molecule has 2 fully saturated rings. The van der Waals surface area contributed by atoms with Crippen LogP contribution >= 0.6 is 0 Å². The summed E-state index contributed by atoms with van der Waals surface area (Å²) in [7, 11) is 0. The minimum Gasteiger partial charge on any atom is -0.458 e. The molecule has 0 aromatic carbocycles. The normalized spacial score (nSPS) is 39.4. The number of ketones is 2. The van der Waals surface area contributed by atoms with E-state index in [-0.39, 0.29) is 41.8 Å². The van der Waals surface area contributed by atoms with Crippen LogP contribution < -0.4 is 0 Å². The molecule has 0 heterocycles. The van der Waals surface area contributed by atoms with Gasteiger partial charge in [-0.15, -0.1) is 0 Å². The largest absolute Gasteiger partial charge is 0.458 e. The molecule has 0 bridgehead atoms. The third-order valence-electron chi connectivity index (χ3n) is 8.38. The van der Waals surface area contributed by atoms with Gasteiger partial charge in [0.05, 0.1) is 0 Å². The van der Waals surface area contributed by atoms with Gasteiger partial charge in [0.2, 0.25) is 5.78 Å². The molecule has 0 saturated heterocycles. The van der Waals surface area contributed by atoms with Gasteiger partial charge in [-0.3, -0.25) is 14.4 Å². The second-order valence-corrected chi connectivity index (χ2v) is 9.87. The van der Waals surface area contributed by atoms with E-state index in [0.29, 0.717) is 19.3 Å². The molecular formula is C25H32O5. The molecule has 5 atom stereocenters. The molecule has 0 aromatic rings. The van der Waals surface area contributed by atoms with Crippen LogP contribution in [0.2, 0.25) is 0 Å². The highest BCUT2D eigenvalue weighted by Gasteiger charge is 2.64. The van der Waals surface area contributed by atoms with Crippen LogP contribution in [0.3, 0.4) is 0 Å². The smallest absolute Gasteiger partial charge is 0.306 e. The lowest BCUT2D eigenvalue weighted by Crippen LogP contribution is -2.55. The Morgan fingerprint density at radius 2 is 2.03 bits per heavy atom. The van der Waals surface area contributed by atoms with Gasteiger partial charge in [-0.25, -0.2) is 0 Å². The Labute approximate surface area is 178 Å². The summed E-state index contributed by atoms with van der Waals surface area (Å²) in [4.78, 5) is 36.6. The molecule has 0 aliphatic heterocycles. The molecule has 0 amide bonds. The fourth-order valence-electron chi connectivity index (χ4n) is 6.53. The van der Waals surface area contributed by atoms with Crippen LogP contribution in [0.1, 0.15) is 65.7 Å². The number of Topliss-reactive ketones (excluding diaryl/α,β-unsaturated/α-hetero) is 1. The number of aliphatic hydroxyl groups is 1. The van der Waals surface area contributed by atoms with Crippen LogP contribution in [0.5, 0.6) is 0 Å². The third-order valence-corrected chi connectivity index (χ3v) is 8.38. The molecule has 2 saturated carbocycles. The standard InChI is InChI=1S/C25H32O5/c1-4-5-22(28)30-15-21(27)25(29)13-10-20-18-7-6-16-14-17(26)8-11-23(16,2)19(18)9-12-24(20,25)3/h8-9,11,14,18,20,29H,4-7,10,12-13,15H2,1-3H3/t18-,20+,23+,24+,25+/m1/s1. The van der Waals surface area contributed by atoms with Crippen molar-refractivity contribution >= 4 is 17.5 Å². The Morgan fingerprint density at radius 3 is 2.77 bits per heavy atom. The minimum absolute atomic E-state index is 0.0561. The summed E-state index contributed by atoms with van der Waals surface area (Å²) in [6, 6.07) is 0. The lowest BCUT2D eigenvalue weighted by Gasteiger charge is -2.53. The third kappa shape index (κ3) is 2.96. The first-order valence-corrected chi connectivity index (χ1v) is 11.2. The van der Waals surface area contributed by atoms with Crippen LogP contribution in [-0.2, 0) is 19.1 Å². The maximum absolute atomic E-state index is 13.0. The SMILES string of the molecule is CCCC(=O)OCC(=O)[C@@]1(O)CC[C@H]2[C@@H]3CCC4=CC(=O)C=C[C@]4(C)C3=CC[C@@]21C. The predicted octanol–water partition coefficient (Wildman–Crippen LogP) is 3.86. The number of carbonyl (C=O) groups excluding carboxylic acids is 3. The molecule has 0 aromatic heterocycles. The van der Waals surface area contributed by atoms with E-state index in [1.807, 2.05) is 19.9 Å². The molecular weight excluding hydrogens is 380 g/mol. The average Bonchev–Trinajstić information content (AvgIpc) is 2.99. The van der Waals surface area contributed by atoms with Crippen LogP contribution in [0.15, 0.2) is 35.5 Å². The van der Waals surface area contributed by atoms with Crippen molar-refractivity contribution in [1.29, 1.82) is 0 Å². The van der Waals surface area contributed by atoms with Gasteiger partial charge in [-0.2, -0.15) is 0 Å². The number of rotatable bonds is 5. The molecule has 0 radical (unpaired) electrons. The van der Waals surface area contributed by atoms with Gasteiger partial charge >= 0.3 is 5.97 Å². The van der Waals surface area contributed by atoms with E-state index in [2.05, 4.69) is 13.0 Å². The number of allylic oxidation sites excluding steroid dienone is 6. The summed E-state index contributed by atoms with van der Waals surface area (Å²) < 4.78 is 5.14.